The van der Waals surface area contributed by atoms with Crippen molar-refractivity contribution < 1.29 is 10.2 Å². The molecule has 0 spiro atoms. The van der Waals surface area contributed by atoms with Crippen LogP contribution in [0.2, 0.25) is 0 Å². The number of hydrogen-bond donors (Lipinski definition) is 3. The summed E-state index contributed by atoms with van der Waals surface area (Å²) in [4.78, 5) is 0. The monoisotopic (exact) mass is 265 g/mol. The molecular weight excluding hydrogens is 238 g/mol. The molecule has 3 heteroatoms. The maximum atomic E-state index is 10.2. The van der Waals surface area contributed by atoms with Gasteiger partial charge in [-0.2, -0.15) is 0 Å². The van der Waals surface area contributed by atoms with Gasteiger partial charge >= 0.3 is 0 Å². The smallest absolute Gasteiger partial charge is 0.0940 e. The molecule has 0 saturated carbocycles. The molecule has 1 aromatic carbocycles. The Balaban J connectivity index is 2.59. The van der Waals surface area contributed by atoms with Gasteiger partial charge in [0.2, 0.25) is 0 Å². The number of benzene rings is 1. The van der Waals surface area contributed by atoms with Crippen molar-refractivity contribution in [3.63, 3.8) is 0 Å². The Morgan fingerprint density at radius 1 is 1.00 bits per heavy atom. The van der Waals surface area contributed by atoms with E-state index in [-0.39, 0.29) is 6.04 Å². The van der Waals surface area contributed by atoms with E-state index in [9.17, 15) is 10.2 Å². The summed E-state index contributed by atoms with van der Waals surface area (Å²) >= 11 is 0. The Labute approximate surface area is 116 Å². The number of aliphatic hydroxyl groups is 2. The Bertz CT molecular complexity index is 360. The van der Waals surface area contributed by atoms with E-state index >= 15 is 0 Å². The molecule has 3 nitrogen and oxygen atoms in total. The van der Waals surface area contributed by atoms with Gasteiger partial charge in [0.1, 0.15) is 0 Å². The molecule has 0 aromatic heterocycles. The van der Waals surface area contributed by atoms with Crippen LogP contribution in [0.3, 0.4) is 0 Å². The fraction of sp³-hybridized carbons (Fsp3) is 0.625. The van der Waals surface area contributed by atoms with Gasteiger partial charge in [-0.05, 0) is 37.3 Å². The molecule has 1 rings (SSSR count). The quantitative estimate of drug-likeness (QED) is 0.709. The summed E-state index contributed by atoms with van der Waals surface area (Å²) in [6, 6.07) is 8.07. The summed E-state index contributed by atoms with van der Waals surface area (Å²) in [5, 5.41) is 22.6. The average Bonchev–Trinajstić information content (AvgIpc) is 2.35. The van der Waals surface area contributed by atoms with Crippen LogP contribution in [0.1, 0.15) is 44.9 Å². The lowest BCUT2D eigenvalue weighted by atomic mass is 9.98. The zero-order valence-electron chi connectivity index (χ0n) is 12.4. The molecule has 19 heavy (non-hydrogen) atoms. The second-order valence-electron chi connectivity index (χ2n) is 5.83. The highest BCUT2D eigenvalue weighted by molar-refractivity contribution is 5.25. The molecule has 108 valence electrons. The van der Waals surface area contributed by atoms with Gasteiger partial charge in [0.05, 0.1) is 12.2 Å². The van der Waals surface area contributed by atoms with Gasteiger partial charge in [0.15, 0.2) is 0 Å². The van der Waals surface area contributed by atoms with Crippen LogP contribution in [-0.4, -0.2) is 28.9 Å². The van der Waals surface area contributed by atoms with Gasteiger partial charge in [0, 0.05) is 12.6 Å². The lowest BCUT2D eigenvalue weighted by Gasteiger charge is -2.21. The van der Waals surface area contributed by atoms with E-state index in [1.807, 2.05) is 19.1 Å². The molecule has 0 heterocycles. The molecule has 3 N–H and O–H groups in total. The minimum Gasteiger partial charge on any atom is -0.392 e. The normalized spacial score (nSPS) is 16.4. The van der Waals surface area contributed by atoms with Crippen molar-refractivity contribution in [1.29, 1.82) is 0 Å². The molecule has 3 atom stereocenters. The highest BCUT2D eigenvalue weighted by atomic mass is 16.3. The molecule has 0 aliphatic carbocycles. The van der Waals surface area contributed by atoms with Crippen LogP contribution >= 0.6 is 0 Å². The van der Waals surface area contributed by atoms with Crippen molar-refractivity contribution in [3.05, 3.63) is 35.4 Å². The van der Waals surface area contributed by atoms with Gasteiger partial charge < -0.3 is 15.5 Å². The minimum atomic E-state index is -0.549. The van der Waals surface area contributed by atoms with Gasteiger partial charge in [-0.3, -0.25) is 0 Å². The minimum absolute atomic E-state index is 0.0782. The third kappa shape index (κ3) is 5.72. The van der Waals surface area contributed by atoms with Crippen molar-refractivity contribution >= 4 is 0 Å². The Morgan fingerprint density at radius 2 is 1.58 bits per heavy atom. The summed E-state index contributed by atoms with van der Waals surface area (Å²) in [6.07, 6.45) is 0.113. The summed E-state index contributed by atoms with van der Waals surface area (Å²) in [7, 11) is 0. The molecule has 0 amide bonds. The Morgan fingerprint density at radius 3 is 2.05 bits per heavy atom. The molecule has 0 saturated heterocycles. The predicted molar refractivity (Wildman–Crippen MR) is 79.1 cm³/mol. The molecule has 0 aliphatic heterocycles. The second kappa shape index (κ2) is 7.63. The second-order valence-corrected chi connectivity index (χ2v) is 5.83. The van der Waals surface area contributed by atoms with E-state index in [1.165, 1.54) is 5.56 Å². The fourth-order valence-electron chi connectivity index (χ4n) is 2.08. The first-order valence-corrected chi connectivity index (χ1v) is 7.08. The maximum Gasteiger partial charge on any atom is 0.0940 e. The molecule has 3 unspecified atom stereocenters. The molecule has 0 bridgehead atoms. The van der Waals surface area contributed by atoms with Crippen LogP contribution in [0.25, 0.3) is 0 Å². The first-order chi connectivity index (χ1) is 8.90. The van der Waals surface area contributed by atoms with Crippen molar-refractivity contribution in [1.82, 2.24) is 5.32 Å². The SMILES string of the molecule is CC(C)Cc1ccc(C(O)C(C)NCC(C)O)cc1. The van der Waals surface area contributed by atoms with E-state index in [4.69, 9.17) is 0 Å². The van der Waals surface area contributed by atoms with Crippen LogP contribution in [0.15, 0.2) is 24.3 Å². The van der Waals surface area contributed by atoms with Crippen molar-refractivity contribution in [3.8, 4) is 0 Å². The summed E-state index contributed by atoms with van der Waals surface area (Å²) < 4.78 is 0. The lowest BCUT2D eigenvalue weighted by Crippen LogP contribution is -2.36. The Hall–Kier alpha value is -0.900. The van der Waals surface area contributed by atoms with Crippen molar-refractivity contribution in [2.24, 2.45) is 5.92 Å². The predicted octanol–water partition coefficient (Wildman–Crippen LogP) is 2.28. The third-order valence-electron chi connectivity index (χ3n) is 3.17. The van der Waals surface area contributed by atoms with E-state index in [0.29, 0.717) is 12.5 Å². The van der Waals surface area contributed by atoms with E-state index < -0.39 is 12.2 Å². The third-order valence-corrected chi connectivity index (χ3v) is 3.17. The maximum absolute atomic E-state index is 10.2. The molecule has 0 aliphatic rings. The molecular formula is C16H27NO2. The number of nitrogens with one attached hydrogen (secondary N) is 1. The standard InChI is InChI=1S/C16H27NO2/c1-11(2)9-14-5-7-15(8-6-14)16(19)13(4)17-10-12(3)18/h5-8,11-13,16-19H,9-10H2,1-4H3. The molecule has 0 radical (unpaired) electrons. The first kappa shape index (κ1) is 16.2. The van der Waals surface area contributed by atoms with Gasteiger partial charge in [-0.1, -0.05) is 38.1 Å². The molecule has 1 aromatic rings. The summed E-state index contributed by atoms with van der Waals surface area (Å²) in [5.41, 5.74) is 2.22. The highest BCUT2D eigenvalue weighted by Crippen LogP contribution is 2.18. The average molecular weight is 265 g/mol. The number of aliphatic hydroxyl groups excluding tert-OH is 2. The van der Waals surface area contributed by atoms with E-state index in [1.54, 1.807) is 6.92 Å². The zero-order valence-corrected chi connectivity index (χ0v) is 12.4. The van der Waals surface area contributed by atoms with E-state index in [0.717, 1.165) is 12.0 Å². The van der Waals surface area contributed by atoms with Gasteiger partial charge in [-0.25, -0.2) is 0 Å². The Kier molecular flexibility index (Phi) is 6.49. The van der Waals surface area contributed by atoms with E-state index in [2.05, 4.69) is 31.3 Å². The largest absolute Gasteiger partial charge is 0.392 e. The fourth-order valence-corrected chi connectivity index (χ4v) is 2.08. The highest BCUT2D eigenvalue weighted by Gasteiger charge is 2.16. The number of rotatable bonds is 7. The van der Waals surface area contributed by atoms with Gasteiger partial charge in [0.25, 0.3) is 0 Å². The van der Waals surface area contributed by atoms with Crippen LogP contribution in [0, 0.1) is 5.92 Å². The van der Waals surface area contributed by atoms with Crippen LogP contribution < -0.4 is 5.32 Å². The zero-order chi connectivity index (χ0) is 14.4. The molecule has 0 fully saturated rings. The van der Waals surface area contributed by atoms with Crippen molar-refractivity contribution in [2.45, 2.75) is 52.4 Å². The topological polar surface area (TPSA) is 52.5 Å². The van der Waals surface area contributed by atoms with Crippen LogP contribution in [-0.2, 0) is 6.42 Å². The van der Waals surface area contributed by atoms with Crippen molar-refractivity contribution in [2.75, 3.05) is 6.54 Å². The van der Waals surface area contributed by atoms with Gasteiger partial charge in [-0.15, -0.1) is 0 Å². The lowest BCUT2D eigenvalue weighted by molar-refractivity contribution is 0.121. The number of hydrogen-bond acceptors (Lipinski definition) is 3. The first-order valence-electron chi connectivity index (χ1n) is 7.08. The van der Waals surface area contributed by atoms with Crippen LogP contribution in [0.4, 0.5) is 0 Å². The van der Waals surface area contributed by atoms with Crippen LogP contribution in [0.5, 0.6) is 0 Å². The summed E-state index contributed by atoms with van der Waals surface area (Å²) in [6.45, 7) is 8.54. The summed E-state index contributed by atoms with van der Waals surface area (Å²) in [5.74, 6) is 0.641.